The summed E-state index contributed by atoms with van der Waals surface area (Å²) in [5.41, 5.74) is 2.23. The van der Waals surface area contributed by atoms with Gasteiger partial charge in [-0.25, -0.2) is 14.8 Å². The third kappa shape index (κ3) is 3.38. The number of carbonyl (C=O) groups excluding carboxylic acids is 1. The lowest BCUT2D eigenvalue weighted by Gasteiger charge is -2.28. The predicted octanol–water partition coefficient (Wildman–Crippen LogP) is 4.03. The molecule has 1 aliphatic rings. The Bertz CT molecular complexity index is 1040. The molecular weight excluding hydrogens is 406 g/mol. The molecule has 146 valence electrons. The van der Waals surface area contributed by atoms with Crippen LogP contribution in [0.5, 0.6) is 17.4 Å². The van der Waals surface area contributed by atoms with E-state index in [1.165, 1.54) is 29.5 Å². The third-order valence-corrected chi connectivity index (χ3v) is 5.36. The van der Waals surface area contributed by atoms with E-state index in [-0.39, 0.29) is 6.61 Å². The van der Waals surface area contributed by atoms with Crippen LogP contribution in [-0.2, 0) is 4.74 Å². The number of aryl methyl sites for hydroxylation is 1. The van der Waals surface area contributed by atoms with Gasteiger partial charge in [0.05, 0.1) is 24.5 Å². The normalized spacial score (nSPS) is 15.4. The van der Waals surface area contributed by atoms with Crippen LogP contribution >= 0.6 is 22.9 Å². The van der Waals surface area contributed by atoms with Crippen LogP contribution in [-0.4, -0.2) is 43.1 Å². The Hall–Kier alpha value is -2.78. The molecule has 8 nitrogen and oxygen atoms in total. The van der Waals surface area contributed by atoms with Gasteiger partial charge in [-0.15, -0.1) is 0 Å². The molecule has 3 aromatic rings. The minimum Gasteiger partial charge on any atom is -0.481 e. The average molecular weight is 422 g/mol. The van der Waals surface area contributed by atoms with Crippen LogP contribution < -0.4 is 19.1 Å². The average Bonchev–Trinajstić information content (AvgIpc) is 3.09. The molecule has 0 spiro atoms. The van der Waals surface area contributed by atoms with Crippen molar-refractivity contribution in [2.45, 2.75) is 13.2 Å². The molecule has 1 aliphatic heterocycles. The monoisotopic (exact) mass is 421 g/mol. The highest BCUT2D eigenvalue weighted by Crippen LogP contribution is 2.44. The summed E-state index contributed by atoms with van der Waals surface area (Å²) in [6, 6.07) is 5.16. The lowest BCUT2D eigenvalue weighted by molar-refractivity contribution is -0.0718. The van der Waals surface area contributed by atoms with Gasteiger partial charge in [0.1, 0.15) is 4.70 Å². The van der Waals surface area contributed by atoms with Gasteiger partial charge in [-0.1, -0.05) is 22.9 Å². The Morgan fingerprint density at radius 2 is 2.25 bits per heavy atom. The number of rotatable bonds is 3. The van der Waals surface area contributed by atoms with Gasteiger partial charge < -0.3 is 18.9 Å². The van der Waals surface area contributed by atoms with Gasteiger partial charge >= 0.3 is 6.09 Å². The van der Waals surface area contributed by atoms with Crippen LogP contribution in [0, 0.1) is 6.92 Å². The second-order valence-corrected chi connectivity index (χ2v) is 7.61. The highest BCUT2D eigenvalue weighted by Gasteiger charge is 2.29. The van der Waals surface area contributed by atoms with Gasteiger partial charge in [-0.2, -0.15) is 0 Å². The van der Waals surface area contributed by atoms with Gasteiger partial charge in [0.15, 0.2) is 22.6 Å². The first-order chi connectivity index (χ1) is 13.5. The zero-order chi connectivity index (χ0) is 19.8. The molecule has 2 aromatic heterocycles. The fourth-order valence-corrected chi connectivity index (χ4v) is 3.93. The number of benzene rings is 1. The van der Waals surface area contributed by atoms with E-state index in [4.69, 9.17) is 30.5 Å². The quantitative estimate of drug-likeness (QED) is 0.631. The molecule has 4 rings (SSSR count). The zero-order valence-corrected chi connectivity index (χ0v) is 16.8. The SMILES string of the molecule is COc1ccc(N(C)C(=O)O[C@@H]2COc3c(cc(C)c4nc(Cl)sc34)O2)cn1. The van der Waals surface area contributed by atoms with E-state index in [1.54, 1.807) is 25.2 Å². The van der Waals surface area contributed by atoms with E-state index in [2.05, 4.69) is 9.97 Å². The first kappa shape index (κ1) is 18.6. The summed E-state index contributed by atoms with van der Waals surface area (Å²) in [4.78, 5) is 22.1. The van der Waals surface area contributed by atoms with Crippen LogP contribution in [0.25, 0.3) is 10.2 Å². The van der Waals surface area contributed by atoms with Crippen LogP contribution in [0.2, 0.25) is 4.47 Å². The van der Waals surface area contributed by atoms with Crippen LogP contribution in [0.3, 0.4) is 0 Å². The molecule has 28 heavy (non-hydrogen) atoms. The fraction of sp³-hybridized carbons (Fsp3) is 0.278. The Balaban J connectivity index is 1.49. The van der Waals surface area contributed by atoms with Crippen molar-refractivity contribution in [1.82, 2.24) is 9.97 Å². The molecule has 0 radical (unpaired) electrons. The van der Waals surface area contributed by atoms with Gasteiger partial charge in [0.2, 0.25) is 5.88 Å². The van der Waals surface area contributed by atoms with E-state index >= 15 is 0 Å². The van der Waals surface area contributed by atoms with Gasteiger partial charge in [0, 0.05) is 13.1 Å². The minimum atomic E-state index is -0.881. The number of carbonyl (C=O) groups is 1. The van der Waals surface area contributed by atoms with E-state index in [0.717, 1.165) is 15.8 Å². The minimum absolute atomic E-state index is 0.0567. The smallest absolute Gasteiger partial charge is 0.417 e. The molecule has 10 heteroatoms. The number of amides is 1. The molecule has 0 aliphatic carbocycles. The van der Waals surface area contributed by atoms with Gasteiger partial charge in [-0.3, -0.25) is 4.90 Å². The van der Waals surface area contributed by atoms with Gasteiger partial charge in [-0.05, 0) is 24.6 Å². The predicted molar refractivity (Wildman–Crippen MR) is 105 cm³/mol. The summed E-state index contributed by atoms with van der Waals surface area (Å²) in [6.45, 7) is 1.96. The molecule has 0 unspecified atom stereocenters. The van der Waals surface area contributed by atoms with Crippen molar-refractivity contribution in [1.29, 1.82) is 0 Å². The lowest BCUT2D eigenvalue weighted by atomic mass is 10.2. The van der Waals surface area contributed by atoms with Crippen LogP contribution in [0.1, 0.15) is 5.56 Å². The number of fused-ring (bicyclic) bond motifs is 3. The highest BCUT2D eigenvalue weighted by molar-refractivity contribution is 7.22. The molecule has 0 saturated heterocycles. The number of halogens is 1. The Labute approximate surface area is 169 Å². The number of ether oxygens (including phenoxy) is 4. The van der Waals surface area contributed by atoms with E-state index in [1.807, 2.05) is 6.92 Å². The van der Waals surface area contributed by atoms with Crippen molar-refractivity contribution in [3.8, 4) is 17.4 Å². The second-order valence-electron chi connectivity index (χ2n) is 6.03. The first-order valence-corrected chi connectivity index (χ1v) is 9.49. The maximum Gasteiger partial charge on any atom is 0.417 e. The number of nitrogens with zero attached hydrogens (tertiary/aromatic N) is 3. The molecule has 1 amide bonds. The number of methoxy groups -OCH3 is 1. The Kier molecular flexibility index (Phi) is 4.86. The number of aromatic nitrogens is 2. The van der Waals surface area contributed by atoms with E-state index in [0.29, 0.717) is 27.5 Å². The maximum absolute atomic E-state index is 12.4. The molecule has 0 saturated carbocycles. The summed E-state index contributed by atoms with van der Waals surface area (Å²) >= 11 is 7.35. The number of anilines is 1. The van der Waals surface area contributed by atoms with Crippen molar-refractivity contribution in [2.24, 2.45) is 0 Å². The van der Waals surface area contributed by atoms with Crippen LogP contribution in [0.15, 0.2) is 24.4 Å². The molecule has 3 heterocycles. The summed E-state index contributed by atoms with van der Waals surface area (Å²) in [5.74, 6) is 1.50. The zero-order valence-electron chi connectivity index (χ0n) is 15.3. The molecule has 0 bridgehead atoms. The summed E-state index contributed by atoms with van der Waals surface area (Å²) < 4.78 is 23.3. The van der Waals surface area contributed by atoms with Crippen LogP contribution in [0.4, 0.5) is 10.5 Å². The summed E-state index contributed by atoms with van der Waals surface area (Å²) in [5, 5.41) is 0. The number of hydrogen-bond donors (Lipinski definition) is 0. The van der Waals surface area contributed by atoms with Crippen molar-refractivity contribution in [3.05, 3.63) is 34.4 Å². The Morgan fingerprint density at radius 1 is 1.43 bits per heavy atom. The topological polar surface area (TPSA) is 83.0 Å². The maximum atomic E-state index is 12.4. The number of hydrogen-bond acceptors (Lipinski definition) is 8. The summed E-state index contributed by atoms with van der Waals surface area (Å²) in [7, 11) is 3.10. The molecule has 0 N–H and O–H groups in total. The second kappa shape index (κ2) is 7.33. The largest absolute Gasteiger partial charge is 0.481 e. The molecular formula is C18H16ClN3O5S. The molecule has 1 aromatic carbocycles. The standard InChI is InChI=1S/C18H16ClN3O5S/c1-9-6-11-15(16-14(9)21-17(19)28-16)25-8-13(26-11)27-18(23)22(2)10-4-5-12(24-3)20-7-10/h4-7,13H,8H2,1-3H3/t13-/m1/s1. The highest BCUT2D eigenvalue weighted by atomic mass is 35.5. The van der Waals surface area contributed by atoms with Crippen molar-refractivity contribution >= 4 is 44.9 Å². The van der Waals surface area contributed by atoms with Crippen molar-refractivity contribution in [2.75, 3.05) is 25.7 Å². The van der Waals surface area contributed by atoms with E-state index < -0.39 is 12.4 Å². The lowest BCUT2D eigenvalue weighted by Crippen LogP contribution is -2.38. The molecule has 1 atom stereocenters. The fourth-order valence-electron chi connectivity index (χ4n) is 2.76. The first-order valence-electron chi connectivity index (χ1n) is 8.29. The van der Waals surface area contributed by atoms with Gasteiger partial charge in [0.25, 0.3) is 6.29 Å². The third-order valence-electron chi connectivity index (χ3n) is 4.20. The Morgan fingerprint density at radius 3 is 2.96 bits per heavy atom. The van der Waals surface area contributed by atoms with Crippen molar-refractivity contribution < 1.29 is 23.7 Å². The summed E-state index contributed by atoms with van der Waals surface area (Å²) in [6.07, 6.45) is 0.0397. The van der Waals surface area contributed by atoms with Crippen molar-refractivity contribution in [3.63, 3.8) is 0 Å². The number of thiazole rings is 1. The molecule has 0 fully saturated rings. The number of pyridine rings is 1. The van der Waals surface area contributed by atoms with E-state index in [9.17, 15) is 4.79 Å².